The zero-order valence-electron chi connectivity index (χ0n) is 8.97. The molecule has 1 aromatic heterocycles. The van der Waals surface area contributed by atoms with E-state index in [0.29, 0.717) is 12.0 Å². The average Bonchev–Trinajstić information content (AvgIpc) is 2.84. The van der Waals surface area contributed by atoms with Crippen LogP contribution in [0.25, 0.3) is 5.57 Å². The molecule has 0 aromatic carbocycles. The molecule has 3 atom stereocenters. The van der Waals surface area contributed by atoms with Crippen LogP contribution in [-0.4, -0.2) is 37.9 Å². The lowest BCUT2D eigenvalue weighted by Crippen LogP contribution is -2.39. The normalized spacial score (nSPS) is 32.6. The van der Waals surface area contributed by atoms with E-state index in [1.165, 1.54) is 6.26 Å². The molecule has 90 valence electrons. The summed E-state index contributed by atoms with van der Waals surface area (Å²) in [6, 6.07) is 0. The zero-order valence-corrected chi connectivity index (χ0v) is 9.72. The number of hydrogen-bond acceptors (Lipinski definition) is 5. The van der Waals surface area contributed by atoms with Crippen LogP contribution in [0.5, 0.6) is 0 Å². The van der Waals surface area contributed by atoms with E-state index < -0.39 is 0 Å². The summed E-state index contributed by atoms with van der Waals surface area (Å²) in [7, 11) is 0. The van der Waals surface area contributed by atoms with Crippen molar-refractivity contribution in [3.63, 3.8) is 0 Å². The van der Waals surface area contributed by atoms with E-state index in [1.807, 2.05) is 0 Å². The van der Waals surface area contributed by atoms with Crippen molar-refractivity contribution in [1.29, 1.82) is 0 Å². The van der Waals surface area contributed by atoms with Gasteiger partial charge in [-0.25, -0.2) is 0 Å². The molecule has 2 aliphatic rings. The number of rotatable bonds is 1. The maximum absolute atomic E-state index is 12.3. The Morgan fingerprint density at radius 3 is 3.12 bits per heavy atom. The number of carbonyl (C=O) groups is 1. The van der Waals surface area contributed by atoms with Crippen LogP contribution in [0, 0.1) is 5.92 Å². The molecule has 0 amide bonds. The van der Waals surface area contributed by atoms with Gasteiger partial charge in [-0.05, 0) is 24.5 Å². The van der Waals surface area contributed by atoms with Gasteiger partial charge in [-0.1, -0.05) is 0 Å². The third-order valence-corrected chi connectivity index (χ3v) is 3.67. The van der Waals surface area contributed by atoms with E-state index in [4.69, 9.17) is 16.3 Å². The van der Waals surface area contributed by atoms with Crippen molar-refractivity contribution >= 4 is 23.0 Å². The largest absolute Gasteiger partial charge is 0.496 e. The molecule has 1 aliphatic heterocycles. The first-order valence-electron chi connectivity index (χ1n) is 5.53. The molecule has 7 heteroatoms. The molecule has 0 saturated heterocycles. The molecule has 17 heavy (non-hydrogen) atoms. The number of ether oxygens (including phenoxy) is 1. The van der Waals surface area contributed by atoms with Gasteiger partial charge in [0.15, 0.2) is 5.78 Å². The number of allylic oxidation sites excluding steroid dienone is 1. The lowest BCUT2D eigenvalue weighted by atomic mass is 9.80. The molecular weight excluding hydrogens is 244 g/mol. The lowest BCUT2D eigenvalue weighted by Gasteiger charge is -2.35. The van der Waals surface area contributed by atoms with Crippen LogP contribution in [0.4, 0.5) is 0 Å². The third-order valence-electron chi connectivity index (χ3n) is 3.27. The van der Waals surface area contributed by atoms with Gasteiger partial charge in [-0.15, -0.1) is 21.8 Å². The first-order valence-corrected chi connectivity index (χ1v) is 5.97. The number of tetrazole rings is 1. The van der Waals surface area contributed by atoms with Gasteiger partial charge in [0, 0.05) is 5.38 Å². The highest BCUT2D eigenvalue weighted by molar-refractivity contribution is 6.23. The van der Waals surface area contributed by atoms with Crippen molar-refractivity contribution in [2.75, 3.05) is 0 Å². The van der Waals surface area contributed by atoms with E-state index in [9.17, 15) is 4.79 Å². The summed E-state index contributed by atoms with van der Waals surface area (Å²) in [5, 5.41) is 13.4. The quantitative estimate of drug-likeness (QED) is 0.754. The van der Waals surface area contributed by atoms with Gasteiger partial charge in [0.05, 0.1) is 12.2 Å². The molecule has 0 radical (unpaired) electrons. The Balaban J connectivity index is 1.89. The number of carbonyl (C=O) groups excluding carboxylic acids is 1. The zero-order chi connectivity index (χ0) is 11.8. The van der Waals surface area contributed by atoms with E-state index in [0.717, 1.165) is 12.8 Å². The van der Waals surface area contributed by atoms with Gasteiger partial charge in [0.2, 0.25) is 5.82 Å². The minimum Gasteiger partial charge on any atom is -0.496 e. The molecule has 1 aromatic rings. The van der Waals surface area contributed by atoms with Crippen molar-refractivity contribution < 1.29 is 9.53 Å². The summed E-state index contributed by atoms with van der Waals surface area (Å²) in [5.41, 5.74) is 0.380. The van der Waals surface area contributed by atoms with Crippen molar-refractivity contribution in [3.8, 4) is 0 Å². The van der Waals surface area contributed by atoms with Gasteiger partial charge in [0.25, 0.3) is 0 Å². The fourth-order valence-corrected chi connectivity index (χ4v) is 2.70. The van der Waals surface area contributed by atoms with Crippen LogP contribution < -0.4 is 0 Å². The lowest BCUT2D eigenvalue weighted by molar-refractivity contribution is -0.124. The molecule has 2 heterocycles. The molecule has 1 fully saturated rings. The molecule has 1 aliphatic carbocycles. The molecular formula is C10H11ClN4O2. The molecule has 0 bridgehead atoms. The third kappa shape index (κ3) is 1.82. The maximum atomic E-state index is 12.3. The van der Waals surface area contributed by atoms with Gasteiger partial charge in [0.1, 0.15) is 11.7 Å². The Kier molecular flexibility index (Phi) is 2.58. The molecule has 1 N–H and O–H groups in total. The number of halogens is 1. The van der Waals surface area contributed by atoms with Crippen LogP contribution in [-0.2, 0) is 9.53 Å². The summed E-state index contributed by atoms with van der Waals surface area (Å²) in [6.45, 7) is 0. The van der Waals surface area contributed by atoms with Crippen molar-refractivity contribution in [2.24, 2.45) is 5.92 Å². The molecule has 3 rings (SSSR count). The highest BCUT2D eigenvalue weighted by atomic mass is 35.5. The molecule has 3 unspecified atom stereocenters. The molecule has 0 spiro atoms. The van der Waals surface area contributed by atoms with E-state index in [1.54, 1.807) is 0 Å². The average molecular weight is 255 g/mol. The number of Topliss-reactive ketones (excluding diaryl/α,β-unsaturated/α-hetero) is 1. The smallest absolute Gasteiger partial charge is 0.211 e. The second kappa shape index (κ2) is 4.10. The van der Waals surface area contributed by atoms with Gasteiger partial charge in [-0.2, -0.15) is 5.21 Å². The topological polar surface area (TPSA) is 80.8 Å². The predicted molar refractivity (Wildman–Crippen MR) is 59.0 cm³/mol. The minimum atomic E-state index is -0.176. The summed E-state index contributed by atoms with van der Waals surface area (Å²) >= 11 is 6.10. The molecule has 6 nitrogen and oxygen atoms in total. The number of hydrogen-bond donors (Lipinski definition) is 1. The van der Waals surface area contributed by atoms with Crippen LogP contribution >= 0.6 is 11.6 Å². The first kappa shape index (κ1) is 10.7. The number of alkyl halides is 1. The van der Waals surface area contributed by atoms with Crippen molar-refractivity contribution in [1.82, 2.24) is 20.6 Å². The van der Waals surface area contributed by atoms with Crippen LogP contribution in [0.15, 0.2) is 6.26 Å². The van der Waals surface area contributed by atoms with Crippen LogP contribution in [0.3, 0.4) is 0 Å². The summed E-state index contributed by atoms with van der Waals surface area (Å²) in [5.74, 6) is 0.114. The fourth-order valence-electron chi connectivity index (χ4n) is 2.38. The number of nitrogens with one attached hydrogen (secondary N) is 1. The van der Waals surface area contributed by atoms with Crippen LogP contribution in [0.1, 0.15) is 25.1 Å². The Bertz CT molecular complexity index is 459. The minimum absolute atomic E-state index is 0.00741. The second-order valence-corrected chi connectivity index (χ2v) is 4.94. The van der Waals surface area contributed by atoms with Crippen LogP contribution in [0.2, 0.25) is 0 Å². The van der Waals surface area contributed by atoms with Gasteiger partial charge >= 0.3 is 0 Å². The van der Waals surface area contributed by atoms with E-state index in [2.05, 4.69) is 20.6 Å². The Hall–Kier alpha value is -1.43. The Labute approximate surface area is 102 Å². The first-order chi connectivity index (χ1) is 8.25. The number of aromatic nitrogens is 4. The number of H-pyrrole nitrogens is 1. The molecule has 1 saturated carbocycles. The standard InChI is InChI=1S/C10H11ClN4O2/c11-5-1-2-8-6(3-5)9(16)7(4-17-8)10-12-14-15-13-10/h4-6,8H,1-3H2,(H,12,13,14,15). The summed E-state index contributed by atoms with van der Waals surface area (Å²) < 4.78 is 5.57. The number of aromatic amines is 1. The van der Waals surface area contributed by atoms with E-state index in [-0.39, 0.29) is 29.0 Å². The van der Waals surface area contributed by atoms with Crippen molar-refractivity contribution in [3.05, 3.63) is 12.1 Å². The van der Waals surface area contributed by atoms with Crippen molar-refractivity contribution in [2.45, 2.75) is 30.7 Å². The number of fused-ring (bicyclic) bond motifs is 1. The predicted octanol–water partition coefficient (Wildman–Crippen LogP) is 0.916. The highest BCUT2D eigenvalue weighted by Gasteiger charge is 2.40. The Morgan fingerprint density at radius 1 is 1.47 bits per heavy atom. The number of nitrogens with zero attached hydrogens (tertiary/aromatic N) is 3. The monoisotopic (exact) mass is 254 g/mol. The Morgan fingerprint density at radius 2 is 2.35 bits per heavy atom. The van der Waals surface area contributed by atoms with Gasteiger partial charge < -0.3 is 4.74 Å². The SMILES string of the molecule is O=C1C(c2nn[nH]n2)=COC2CCC(Cl)CC12. The second-order valence-electron chi connectivity index (χ2n) is 4.32. The highest BCUT2D eigenvalue weighted by Crippen LogP contribution is 2.36. The summed E-state index contributed by atoms with van der Waals surface area (Å²) in [6.07, 6.45) is 3.76. The fraction of sp³-hybridized carbons (Fsp3) is 0.600. The maximum Gasteiger partial charge on any atom is 0.211 e. The summed E-state index contributed by atoms with van der Waals surface area (Å²) in [4.78, 5) is 12.3. The van der Waals surface area contributed by atoms with E-state index >= 15 is 0 Å². The number of ketones is 1. The van der Waals surface area contributed by atoms with Gasteiger partial charge in [-0.3, -0.25) is 4.79 Å².